The zero-order valence-electron chi connectivity index (χ0n) is 11.0. The Morgan fingerprint density at radius 1 is 1.47 bits per heavy atom. The van der Waals surface area contributed by atoms with Crippen molar-refractivity contribution in [3.8, 4) is 0 Å². The van der Waals surface area contributed by atoms with Gasteiger partial charge in [-0.3, -0.25) is 15.4 Å². The van der Waals surface area contributed by atoms with Crippen LogP contribution in [0.15, 0.2) is 23.6 Å². The number of carbonyl (C=O) groups is 2. The molecular weight excluding hydrogens is 250 g/mol. The molecule has 0 aromatic carbocycles. The summed E-state index contributed by atoms with van der Waals surface area (Å²) < 4.78 is 5.50. The molecule has 7 nitrogen and oxygen atoms in total. The highest BCUT2D eigenvalue weighted by atomic mass is 16.5. The van der Waals surface area contributed by atoms with Crippen LogP contribution < -0.4 is 16.6 Å². The van der Waals surface area contributed by atoms with Gasteiger partial charge in [-0.2, -0.15) is 0 Å². The van der Waals surface area contributed by atoms with E-state index in [0.717, 1.165) is 0 Å². The Morgan fingerprint density at radius 2 is 2.16 bits per heavy atom. The highest BCUT2D eigenvalue weighted by Gasteiger charge is 2.20. The van der Waals surface area contributed by atoms with Crippen molar-refractivity contribution in [1.29, 1.82) is 0 Å². The average Bonchev–Trinajstić information content (AvgIpc) is 2.39. The Balaban J connectivity index is 3.03. The zero-order valence-corrected chi connectivity index (χ0v) is 11.0. The number of allylic oxidation sites excluding steroid dienone is 1. The van der Waals surface area contributed by atoms with Crippen molar-refractivity contribution in [1.82, 2.24) is 10.7 Å². The molecule has 0 saturated carbocycles. The van der Waals surface area contributed by atoms with Crippen molar-refractivity contribution in [3.05, 3.63) is 23.6 Å². The van der Waals surface area contributed by atoms with E-state index >= 15 is 0 Å². The Bertz CT molecular complexity index is 417. The molecule has 0 radical (unpaired) electrons. The third kappa shape index (κ3) is 4.08. The van der Waals surface area contributed by atoms with Crippen molar-refractivity contribution in [2.45, 2.75) is 20.0 Å². The van der Waals surface area contributed by atoms with E-state index in [0.29, 0.717) is 6.61 Å². The number of rotatable bonds is 1. The second-order valence-electron chi connectivity index (χ2n) is 4.28. The first-order valence-electron chi connectivity index (χ1n) is 5.99. The second-order valence-corrected chi connectivity index (χ2v) is 4.28. The molecule has 2 atom stereocenters. The van der Waals surface area contributed by atoms with Crippen molar-refractivity contribution < 1.29 is 19.4 Å². The van der Waals surface area contributed by atoms with Gasteiger partial charge in [0.2, 0.25) is 5.78 Å². The summed E-state index contributed by atoms with van der Waals surface area (Å²) in [7, 11) is 0. The maximum atomic E-state index is 11.7. The molecule has 1 aliphatic heterocycles. The highest BCUT2D eigenvalue weighted by molar-refractivity contribution is 6.08. The summed E-state index contributed by atoms with van der Waals surface area (Å²) >= 11 is 0. The number of aliphatic hydroxyl groups excluding tert-OH is 1. The minimum absolute atomic E-state index is 0.00108. The number of hydrogen-bond donors (Lipinski definition) is 4. The van der Waals surface area contributed by atoms with Crippen molar-refractivity contribution in [2.24, 2.45) is 11.8 Å². The van der Waals surface area contributed by atoms with Gasteiger partial charge in [0.25, 0.3) is 5.91 Å². The lowest BCUT2D eigenvalue weighted by molar-refractivity contribution is -0.120. The van der Waals surface area contributed by atoms with E-state index in [9.17, 15) is 14.7 Å². The van der Waals surface area contributed by atoms with Crippen LogP contribution in [0.1, 0.15) is 13.8 Å². The smallest absolute Gasteiger partial charge is 0.272 e. The van der Waals surface area contributed by atoms with E-state index in [2.05, 4.69) is 5.32 Å². The Morgan fingerprint density at radius 3 is 2.79 bits per heavy atom. The topological polar surface area (TPSA) is 114 Å². The molecule has 5 N–H and O–H groups in total. The first kappa shape index (κ1) is 15.2. The standard InChI is InChI=1S/C12H19N3O4/c1-7-3-4-9(16)11(17)10(15-13)12(18)14-5-6-19-8(7)2/h3-4,7-8,15,17H,5-6,13H2,1-2H3,(H,14,18)/b4-3-,11-10+. The Labute approximate surface area is 111 Å². The quantitative estimate of drug-likeness (QED) is 0.377. The van der Waals surface area contributed by atoms with Crippen LogP contribution in [0.25, 0.3) is 0 Å². The van der Waals surface area contributed by atoms with E-state index in [-0.39, 0.29) is 24.3 Å². The van der Waals surface area contributed by atoms with Crippen LogP contribution in [0.3, 0.4) is 0 Å². The number of ketones is 1. The van der Waals surface area contributed by atoms with Gasteiger partial charge in [0, 0.05) is 12.5 Å². The van der Waals surface area contributed by atoms with Crippen LogP contribution in [0.5, 0.6) is 0 Å². The molecule has 0 spiro atoms. The molecule has 1 aliphatic rings. The van der Waals surface area contributed by atoms with Gasteiger partial charge in [0.1, 0.15) is 0 Å². The molecule has 0 aromatic rings. The summed E-state index contributed by atoms with van der Waals surface area (Å²) in [5.41, 5.74) is 1.66. The van der Waals surface area contributed by atoms with Crippen molar-refractivity contribution >= 4 is 11.7 Å². The van der Waals surface area contributed by atoms with Crippen molar-refractivity contribution in [2.75, 3.05) is 13.2 Å². The van der Waals surface area contributed by atoms with Crippen LogP contribution in [-0.2, 0) is 14.3 Å². The molecule has 1 rings (SSSR count). The number of amides is 1. The van der Waals surface area contributed by atoms with Crippen molar-refractivity contribution in [3.63, 3.8) is 0 Å². The number of nitrogens with two attached hydrogens (primary N) is 1. The molecule has 0 fully saturated rings. The van der Waals surface area contributed by atoms with E-state index in [1.807, 2.05) is 19.3 Å². The number of carbonyl (C=O) groups excluding carboxylic acids is 2. The van der Waals surface area contributed by atoms with E-state index in [1.54, 1.807) is 6.08 Å². The Kier molecular flexibility index (Phi) is 5.53. The van der Waals surface area contributed by atoms with Gasteiger partial charge >= 0.3 is 0 Å². The first-order chi connectivity index (χ1) is 8.97. The lowest BCUT2D eigenvalue weighted by atomic mass is 10.0. The maximum Gasteiger partial charge on any atom is 0.272 e. The summed E-state index contributed by atoms with van der Waals surface area (Å²) in [5.74, 6) is 3.08. The van der Waals surface area contributed by atoms with Gasteiger partial charge in [-0.05, 0) is 13.0 Å². The fourth-order valence-corrected chi connectivity index (χ4v) is 1.49. The fourth-order valence-electron chi connectivity index (χ4n) is 1.49. The predicted molar refractivity (Wildman–Crippen MR) is 68.7 cm³/mol. The first-order valence-corrected chi connectivity index (χ1v) is 5.99. The number of hydrazine groups is 1. The predicted octanol–water partition coefficient (Wildman–Crippen LogP) is -0.484. The zero-order chi connectivity index (χ0) is 14.4. The molecule has 0 bridgehead atoms. The van der Waals surface area contributed by atoms with E-state index in [4.69, 9.17) is 10.6 Å². The van der Waals surface area contributed by atoms with E-state index in [1.165, 1.54) is 6.08 Å². The fraction of sp³-hybridized carbons (Fsp3) is 0.500. The second kappa shape index (κ2) is 6.91. The molecular formula is C12H19N3O4. The third-order valence-corrected chi connectivity index (χ3v) is 2.90. The molecule has 106 valence electrons. The third-order valence-electron chi connectivity index (χ3n) is 2.90. The molecule has 1 amide bonds. The van der Waals surface area contributed by atoms with Gasteiger partial charge in [0.15, 0.2) is 11.5 Å². The average molecular weight is 269 g/mol. The molecule has 0 aromatic heterocycles. The SMILES string of the molecule is CC1/C=C\C(=O)/C(O)=C(\NN)C(=O)NCCOC1C. The number of nitrogens with one attached hydrogen (secondary N) is 2. The molecule has 2 unspecified atom stereocenters. The van der Waals surface area contributed by atoms with Crippen LogP contribution >= 0.6 is 0 Å². The van der Waals surface area contributed by atoms with Gasteiger partial charge < -0.3 is 20.6 Å². The van der Waals surface area contributed by atoms with E-state index < -0.39 is 17.4 Å². The molecule has 7 heteroatoms. The summed E-state index contributed by atoms with van der Waals surface area (Å²) in [6, 6.07) is 0. The number of ether oxygens (including phenoxy) is 1. The summed E-state index contributed by atoms with van der Waals surface area (Å²) in [6.07, 6.45) is 2.72. The van der Waals surface area contributed by atoms with Crippen LogP contribution in [0.4, 0.5) is 0 Å². The van der Waals surface area contributed by atoms with Crippen LogP contribution in [-0.4, -0.2) is 36.1 Å². The molecule has 1 heterocycles. The molecule has 19 heavy (non-hydrogen) atoms. The highest BCUT2D eigenvalue weighted by Crippen LogP contribution is 2.10. The summed E-state index contributed by atoms with van der Waals surface area (Å²) in [4.78, 5) is 23.3. The monoisotopic (exact) mass is 269 g/mol. The van der Waals surface area contributed by atoms with Crippen LogP contribution in [0.2, 0.25) is 0 Å². The number of hydrogen-bond acceptors (Lipinski definition) is 6. The normalized spacial score (nSPS) is 31.9. The van der Waals surface area contributed by atoms with Gasteiger partial charge in [-0.1, -0.05) is 13.0 Å². The van der Waals surface area contributed by atoms with Crippen LogP contribution in [0, 0.1) is 5.92 Å². The van der Waals surface area contributed by atoms with Gasteiger partial charge in [0.05, 0.1) is 12.7 Å². The number of aliphatic hydroxyl groups is 1. The largest absolute Gasteiger partial charge is 0.503 e. The Hall–Kier alpha value is -1.86. The lowest BCUT2D eigenvalue weighted by Gasteiger charge is -2.18. The lowest BCUT2D eigenvalue weighted by Crippen LogP contribution is -2.39. The minimum atomic E-state index is -0.711. The summed E-state index contributed by atoms with van der Waals surface area (Å²) in [6.45, 7) is 4.35. The molecule has 0 aliphatic carbocycles. The van der Waals surface area contributed by atoms with Gasteiger partial charge in [-0.15, -0.1) is 0 Å². The van der Waals surface area contributed by atoms with Gasteiger partial charge in [-0.25, -0.2) is 0 Å². The molecule has 0 saturated heterocycles. The maximum absolute atomic E-state index is 11.7. The minimum Gasteiger partial charge on any atom is -0.503 e. The summed E-state index contributed by atoms with van der Waals surface area (Å²) in [5, 5.41) is 12.2.